The van der Waals surface area contributed by atoms with Crippen LogP contribution < -0.4 is 10.5 Å². The SMILES string of the molecule is COc1ccccc1C(O)(CN)C(F)(F)F. The van der Waals surface area contributed by atoms with Crippen molar-refractivity contribution in [2.24, 2.45) is 5.73 Å². The van der Waals surface area contributed by atoms with Crippen LogP contribution in [0.2, 0.25) is 0 Å². The predicted molar refractivity (Wildman–Crippen MR) is 52.0 cm³/mol. The van der Waals surface area contributed by atoms with Crippen molar-refractivity contribution in [3.63, 3.8) is 0 Å². The van der Waals surface area contributed by atoms with Gasteiger partial charge in [-0.1, -0.05) is 18.2 Å². The van der Waals surface area contributed by atoms with Crippen LogP contribution in [0.4, 0.5) is 13.2 Å². The van der Waals surface area contributed by atoms with E-state index in [9.17, 15) is 18.3 Å². The minimum Gasteiger partial charge on any atom is -0.496 e. The molecule has 1 aromatic rings. The molecule has 0 aliphatic heterocycles. The van der Waals surface area contributed by atoms with Gasteiger partial charge in [-0.3, -0.25) is 0 Å². The Kier molecular flexibility index (Phi) is 3.44. The van der Waals surface area contributed by atoms with E-state index in [-0.39, 0.29) is 11.3 Å². The zero-order chi connectivity index (χ0) is 12.4. The van der Waals surface area contributed by atoms with E-state index in [0.29, 0.717) is 0 Å². The lowest BCUT2D eigenvalue weighted by Gasteiger charge is -2.30. The predicted octanol–water partition coefficient (Wildman–Crippen LogP) is 1.40. The van der Waals surface area contributed by atoms with Crippen LogP contribution >= 0.6 is 0 Å². The summed E-state index contributed by atoms with van der Waals surface area (Å²) >= 11 is 0. The minimum absolute atomic E-state index is 0.0484. The fourth-order valence-corrected chi connectivity index (χ4v) is 1.36. The van der Waals surface area contributed by atoms with Crippen molar-refractivity contribution < 1.29 is 23.0 Å². The third kappa shape index (κ3) is 1.98. The van der Waals surface area contributed by atoms with Gasteiger partial charge in [-0.25, -0.2) is 0 Å². The summed E-state index contributed by atoms with van der Waals surface area (Å²) in [5.41, 5.74) is 1.56. The lowest BCUT2D eigenvalue weighted by molar-refractivity contribution is -0.262. The maximum absolute atomic E-state index is 12.7. The van der Waals surface area contributed by atoms with E-state index >= 15 is 0 Å². The molecule has 0 saturated carbocycles. The number of benzene rings is 1. The molecule has 0 fully saturated rings. The summed E-state index contributed by atoms with van der Waals surface area (Å²) in [6.07, 6.45) is -4.85. The van der Waals surface area contributed by atoms with Crippen LogP contribution in [-0.2, 0) is 5.60 Å². The number of halogens is 3. The lowest BCUT2D eigenvalue weighted by Crippen LogP contribution is -2.48. The second-order valence-electron chi connectivity index (χ2n) is 3.26. The Morgan fingerprint density at radius 1 is 1.31 bits per heavy atom. The maximum atomic E-state index is 12.7. The van der Waals surface area contributed by atoms with E-state index in [4.69, 9.17) is 10.5 Å². The first-order valence-electron chi connectivity index (χ1n) is 4.49. The molecule has 0 saturated heterocycles. The molecule has 1 rings (SSSR count). The first kappa shape index (κ1) is 12.8. The smallest absolute Gasteiger partial charge is 0.422 e. The van der Waals surface area contributed by atoms with Crippen molar-refractivity contribution in [2.75, 3.05) is 13.7 Å². The van der Waals surface area contributed by atoms with Crippen molar-refractivity contribution in [2.45, 2.75) is 11.8 Å². The Bertz CT molecular complexity index is 367. The van der Waals surface area contributed by atoms with Gasteiger partial charge in [-0.2, -0.15) is 13.2 Å². The Morgan fingerprint density at radius 2 is 1.88 bits per heavy atom. The van der Waals surface area contributed by atoms with Crippen molar-refractivity contribution in [3.05, 3.63) is 29.8 Å². The van der Waals surface area contributed by atoms with Crippen LogP contribution in [0, 0.1) is 0 Å². The van der Waals surface area contributed by atoms with Gasteiger partial charge in [0.1, 0.15) is 5.75 Å². The average molecular weight is 235 g/mol. The highest BCUT2D eigenvalue weighted by atomic mass is 19.4. The van der Waals surface area contributed by atoms with Crippen LogP contribution in [0.25, 0.3) is 0 Å². The summed E-state index contributed by atoms with van der Waals surface area (Å²) in [5.74, 6) is -0.0484. The topological polar surface area (TPSA) is 55.5 Å². The van der Waals surface area contributed by atoms with Gasteiger partial charge in [0, 0.05) is 12.1 Å². The van der Waals surface area contributed by atoms with E-state index < -0.39 is 18.3 Å². The fourth-order valence-electron chi connectivity index (χ4n) is 1.36. The molecular formula is C10H12F3NO2. The van der Waals surface area contributed by atoms with E-state index in [1.807, 2.05) is 0 Å². The molecule has 0 amide bonds. The first-order valence-corrected chi connectivity index (χ1v) is 4.49. The van der Waals surface area contributed by atoms with Crippen LogP contribution in [0.15, 0.2) is 24.3 Å². The normalized spacial score (nSPS) is 15.6. The second-order valence-corrected chi connectivity index (χ2v) is 3.26. The van der Waals surface area contributed by atoms with Crippen molar-refractivity contribution >= 4 is 0 Å². The first-order chi connectivity index (χ1) is 7.36. The summed E-state index contributed by atoms with van der Waals surface area (Å²) in [5, 5.41) is 9.61. The fraction of sp³-hybridized carbons (Fsp3) is 0.400. The zero-order valence-corrected chi connectivity index (χ0v) is 8.58. The molecule has 0 aliphatic carbocycles. The number of hydrogen-bond acceptors (Lipinski definition) is 3. The van der Waals surface area contributed by atoms with Crippen molar-refractivity contribution in [1.29, 1.82) is 0 Å². The molecule has 1 unspecified atom stereocenters. The quantitative estimate of drug-likeness (QED) is 0.832. The summed E-state index contributed by atoms with van der Waals surface area (Å²) in [6, 6.07) is 5.36. The Labute approximate surface area is 90.6 Å². The Balaban J connectivity index is 3.33. The molecule has 3 nitrogen and oxygen atoms in total. The zero-order valence-electron chi connectivity index (χ0n) is 8.58. The molecule has 3 N–H and O–H groups in total. The van der Waals surface area contributed by atoms with Crippen LogP contribution in [0.5, 0.6) is 5.75 Å². The highest BCUT2D eigenvalue weighted by Crippen LogP contribution is 2.41. The van der Waals surface area contributed by atoms with Gasteiger partial charge in [-0.05, 0) is 6.07 Å². The lowest BCUT2D eigenvalue weighted by atomic mass is 9.92. The molecule has 0 aliphatic rings. The van der Waals surface area contributed by atoms with Gasteiger partial charge >= 0.3 is 6.18 Å². The van der Waals surface area contributed by atoms with Crippen molar-refractivity contribution in [3.8, 4) is 5.75 Å². The molecule has 0 aromatic heterocycles. The molecule has 1 atom stereocenters. The van der Waals surface area contributed by atoms with E-state index in [0.717, 1.165) is 6.07 Å². The van der Waals surface area contributed by atoms with Crippen LogP contribution in [0.1, 0.15) is 5.56 Å². The standard InChI is InChI=1S/C10H12F3NO2/c1-16-8-5-3-2-4-7(8)9(15,6-14)10(11,12)13/h2-5,15H,6,14H2,1H3. The van der Waals surface area contributed by atoms with Gasteiger partial charge in [0.05, 0.1) is 7.11 Å². The molecular weight excluding hydrogens is 223 g/mol. The molecule has 6 heteroatoms. The van der Waals surface area contributed by atoms with Crippen LogP contribution in [-0.4, -0.2) is 24.9 Å². The highest BCUT2D eigenvalue weighted by Gasteiger charge is 2.55. The third-order valence-corrected chi connectivity index (χ3v) is 2.32. The average Bonchev–Trinajstić information content (AvgIpc) is 2.26. The molecule has 0 spiro atoms. The molecule has 0 bridgehead atoms. The number of ether oxygens (including phenoxy) is 1. The number of nitrogens with two attached hydrogens (primary N) is 1. The number of hydrogen-bond donors (Lipinski definition) is 2. The number of aliphatic hydroxyl groups is 1. The highest BCUT2D eigenvalue weighted by molar-refractivity contribution is 5.39. The van der Waals surface area contributed by atoms with E-state index in [2.05, 4.69) is 0 Å². The summed E-state index contributed by atoms with van der Waals surface area (Å²) in [6.45, 7) is -0.961. The third-order valence-electron chi connectivity index (χ3n) is 2.32. The summed E-state index contributed by atoms with van der Waals surface area (Å²) in [4.78, 5) is 0. The summed E-state index contributed by atoms with van der Waals surface area (Å²) < 4.78 is 42.9. The largest absolute Gasteiger partial charge is 0.496 e. The van der Waals surface area contributed by atoms with Gasteiger partial charge in [-0.15, -0.1) is 0 Å². The number of alkyl halides is 3. The van der Waals surface area contributed by atoms with Crippen LogP contribution in [0.3, 0.4) is 0 Å². The Morgan fingerprint density at radius 3 is 2.31 bits per heavy atom. The van der Waals surface area contributed by atoms with Gasteiger partial charge in [0.2, 0.25) is 5.60 Å². The Hall–Kier alpha value is -1.27. The van der Waals surface area contributed by atoms with Gasteiger partial charge in [0.25, 0.3) is 0 Å². The van der Waals surface area contributed by atoms with E-state index in [1.54, 1.807) is 0 Å². The second kappa shape index (κ2) is 4.31. The number of para-hydroxylation sites is 1. The molecule has 16 heavy (non-hydrogen) atoms. The van der Waals surface area contributed by atoms with Crippen molar-refractivity contribution in [1.82, 2.24) is 0 Å². The maximum Gasteiger partial charge on any atom is 0.422 e. The number of methoxy groups -OCH3 is 1. The molecule has 90 valence electrons. The van der Waals surface area contributed by atoms with Gasteiger partial charge < -0.3 is 15.6 Å². The minimum atomic E-state index is -4.85. The molecule has 0 heterocycles. The van der Waals surface area contributed by atoms with Gasteiger partial charge in [0.15, 0.2) is 0 Å². The van der Waals surface area contributed by atoms with E-state index in [1.165, 1.54) is 25.3 Å². The number of rotatable bonds is 3. The summed E-state index contributed by atoms with van der Waals surface area (Å²) in [7, 11) is 1.23. The molecule has 1 aromatic carbocycles. The molecule has 0 radical (unpaired) electrons. The monoisotopic (exact) mass is 235 g/mol.